The van der Waals surface area contributed by atoms with Gasteiger partial charge in [0.15, 0.2) is 15.8 Å². The Labute approximate surface area is 134 Å². The largest absolute Gasteiger partial charge is 0.381 e. The van der Waals surface area contributed by atoms with Gasteiger partial charge in [-0.2, -0.15) is 0 Å². The maximum Gasteiger partial charge on any atom is 0.193 e. The smallest absolute Gasteiger partial charge is 0.193 e. The van der Waals surface area contributed by atoms with E-state index >= 15 is 0 Å². The van der Waals surface area contributed by atoms with Gasteiger partial charge >= 0.3 is 0 Å². The van der Waals surface area contributed by atoms with Crippen molar-refractivity contribution in [1.82, 2.24) is 10.2 Å². The maximum atomic E-state index is 12.3. The zero-order valence-corrected chi connectivity index (χ0v) is 14.8. The predicted molar refractivity (Wildman–Crippen MR) is 89.0 cm³/mol. The lowest BCUT2D eigenvalue weighted by molar-refractivity contribution is 0.0754. The van der Waals surface area contributed by atoms with Gasteiger partial charge in [-0.05, 0) is 31.6 Å². The number of hydrogen-bond acceptors (Lipinski definition) is 4. The fourth-order valence-electron chi connectivity index (χ4n) is 3.38. The number of aliphatic imine (C=N–C) groups is 1. The van der Waals surface area contributed by atoms with E-state index in [9.17, 15) is 8.42 Å². The van der Waals surface area contributed by atoms with Gasteiger partial charge < -0.3 is 15.0 Å². The van der Waals surface area contributed by atoms with Crippen LogP contribution in [0.2, 0.25) is 0 Å². The molecular formula is C15H29N3O3S. The number of guanidine groups is 1. The van der Waals surface area contributed by atoms with Crippen molar-refractivity contribution < 1.29 is 13.2 Å². The van der Waals surface area contributed by atoms with Crippen LogP contribution in [0.15, 0.2) is 4.99 Å². The van der Waals surface area contributed by atoms with Crippen molar-refractivity contribution in [3.63, 3.8) is 0 Å². The van der Waals surface area contributed by atoms with E-state index in [-0.39, 0.29) is 0 Å². The molecule has 1 unspecified atom stereocenters. The van der Waals surface area contributed by atoms with Crippen molar-refractivity contribution in [2.45, 2.75) is 37.4 Å². The highest BCUT2D eigenvalue weighted by molar-refractivity contribution is 7.92. The number of nitrogens with one attached hydrogen (secondary N) is 1. The van der Waals surface area contributed by atoms with E-state index in [1.54, 1.807) is 7.05 Å². The summed E-state index contributed by atoms with van der Waals surface area (Å²) in [5.74, 6) is 1.47. The second kappa shape index (κ2) is 7.17. The molecule has 2 rings (SSSR count). The molecule has 6 nitrogen and oxygen atoms in total. The minimum absolute atomic E-state index is 0.409. The molecule has 0 radical (unpaired) electrons. The third-order valence-electron chi connectivity index (χ3n) is 4.93. The normalized spacial score (nSPS) is 26.8. The van der Waals surface area contributed by atoms with Crippen molar-refractivity contribution >= 4 is 15.8 Å². The zero-order valence-electron chi connectivity index (χ0n) is 14.0. The monoisotopic (exact) mass is 331 g/mol. The number of hydrogen-bond donors (Lipinski definition) is 1. The van der Waals surface area contributed by atoms with Gasteiger partial charge in [-0.3, -0.25) is 4.99 Å². The fourth-order valence-corrected chi connectivity index (χ4v) is 4.62. The van der Waals surface area contributed by atoms with E-state index in [1.165, 1.54) is 12.7 Å². The Balaban J connectivity index is 2.04. The van der Waals surface area contributed by atoms with Crippen molar-refractivity contribution in [1.29, 1.82) is 0 Å². The van der Waals surface area contributed by atoms with Crippen LogP contribution in [-0.4, -0.2) is 70.2 Å². The molecule has 0 spiro atoms. The molecule has 2 fully saturated rings. The summed E-state index contributed by atoms with van der Waals surface area (Å²) >= 11 is 0. The van der Waals surface area contributed by atoms with E-state index in [4.69, 9.17) is 4.74 Å². The first-order valence-electron chi connectivity index (χ1n) is 8.11. The summed E-state index contributed by atoms with van der Waals surface area (Å²) in [6.45, 7) is 5.64. The second-order valence-electron chi connectivity index (χ2n) is 6.66. The summed E-state index contributed by atoms with van der Waals surface area (Å²) < 4.78 is 29.2. The molecule has 7 heteroatoms. The Kier molecular flexibility index (Phi) is 5.71. The Morgan fingerprint density at radius 2 is 2.09 bits per heavy atom. The van der Waals surface area contributed by atoms with Crippen molar-refractivity contribution in [2.75, 3.05) is 46.2 Å². The second-order valence-corrected chi connectivity index (χ2v) is 9.07. The first kappa shape index (κ1) is 17.5. The highest BCUT2D eigenvalue weighted by Crippen LogP contribution is 2.28. The van der Waals surface area contributed by atoms with Crippen molar-refractivity contribution in [2.24, 2.45) is 10.9 Å². The van der Waals surface area contributed by atoms with Gasteiger partial charge in [0.05, 0.1) is 4.75 Å². The summed E-state index contributed by atoms with van der Waals surface area (Å²) in [6, 6.07) is 0. The lowest BCUT2D eigenvalue weighted by Crippen LogP contribution is -2.55. The topological polar surface area (TPSA) is 71.0 Å². The molecule has 0 aromatic rings. The minimum Gasteiger partial charge on any atom is -0.381 e. The molecule has 22 heavy (non-hydrogen) atoms. The van der Waals surface area contributed by atoms with Crippen molar-refractivity contribution in [3.05, 3.63) is 0 Å². The molecule has 2 aliphatic heterocycles. The van der Waals surface area contributed by atoms with Gasteiger partial charge in [0.1, 0.15) is 0 Å². The van der Waals surface area contributed by atoms with Gasteiger partial charge in [-0.15, -0.1) is 0 Å². The number of piperidine rings is 1. The standard InChI is InChI=1S/C15H29N3O3S/c1-13-5-4-8-18(11-13)14(16-2)17-12-15(22(3,19)20)6-9-21-10-7-15/h13H,4-12H2,1-3H3,(H,16,17). The molecule has 2 aliphatic rings. The van der Waals surface area contributed by atoms with Crippen LogP contribution < -0.4 is 5.32 Å². The predicted octanol–water partition coefficient (Wildman–Crippen LogP) is 0.888. The molecule has 2 heterocycles. The molecule has 0 aliphatic carbocycles. The quantitative estimate of drug-likeness (QED) is 0.614. The van der Waals surface area contributed by atoms with Crippen LogP contribution >= 0.6 is 0 Å². The van der Waals surface area contributed by atoms with Crippen LogP contribution in [0.25, 0.3) is 0 Å². The number of nitrogens with zero attached hydrogens (tertiary/aromatic N) is 2. The first-order chi connectivity index (χ1) is 10.4. The highest BCUT2D eigenvalue weighted by atomic mass is 32.2. The van der Waals surface area contributed by atoms with E-state index in [2.05, 4.69) is 22.1 Å². The molecule has 0 aromatic heterocycles. The van der Waals surface area contributed by atoms with Crippen LogP contribution in [-0.2, 0) is 14.6 Å². The van der Waals surface area contributed by atoms with E-state index in [0.29, 0.717) is 38.5 Å². The molecule has 0 bridgehead atoms. The molecule has 0 aromatic carbocycles. The van der Waals surface area contributed by atoms with Crippen LogP contribution in [0, 0.1) is 5.92 Å². The Bertz CT molecular complexity index is 498. The summed E-state index contributed by atoms with van der Waals surface area (Å²) in [5, 5.41) is 3.32. The van der Waals surface area contributed by atoms with Crippen molar-refractivity contribution in [3.8, 4) is 0 Å². The van der Waals surface area contributed by atoms with E-state index in [1.807, 2.05) is 0 Å². The molecule has 128 valence electrons. The number of ether oxygens (including phenoxy) is 1. The number of rotatable bonds is 3. The summed E-state index contributed by atoms with van der Waals surface area (Å²) in [6.07, 6.45) is 4.84. The Morgan fingerprint density at radius 3 is 2.64 bits per heavy atom. The lowest BCUT2D eigenvalue weighted by Gasteiger charge is -2.38. The van der Waals surface area contributed by atoms with Gasteiger partial charge in [0.2, 0.25) is 0 Å². The number of likely N-dealkylation sites (tertiary alicyclic amines) is 1. The van der Waals surface area contributed by atoms with Gasteiger partial charge in [0, 0.05) is 46.2 Å². The fraction of sp³-hybridized carbons (Fsp3) is 0.933. The minimum atomic E-state index is -3.15. The Morgan fingerprint density at radius 1 is 1.41 bits per heavy atom. The van der Waals surface area contributed by atoms with E-state index < -0.39 is 14.6 Å². The van der Waals surface area contributed by atoms with Crippen LogP contribution in [0.5, 0.6) is 0 Å². The van der Waals surface area contributed by atoms with Crippen LogP contribution in [0.4, 0.5) is 0 Å². The summed E-state index contributed by atoms with van der Waals surface area (Å²) in [4.78, 5) is 6.59. The number of sulfone groups is 1. The lowest BCUT2D eigenvalue weighted by atomic mass is 9.98. The average Bonchev–Trinajstić information content (AvgIpc) is 2.48. The molecule has 2 saturated heterocycles. The molecule has 0 amide bonds. The molecule has 0 saturated carbocycles. The molecular weight excluding hydrogens is 302 g/mol. The third-order valence-corrected chi connectivity index (χ3v) is 7.05. The van der Waals surface area contributed by atoms with Crippen LogP contribution in [0.1, 0.15) is 32.6 Å². The maximum absolute atomic E-state index is 12.3. The average molecular weight is 331 g/mol. The summed E-state index contributed by atoms with van der Waals surface area (Å²) in [7, 11) is -1.39. The van der Waals surface area contributed by atoms with Gasteiger partial charge in [-0.1, -0.05) is 6.92 Å². The third kappa shape index (κ3) is 3.93. The SMILES string of the molecule is CN=C(NCC1(S(C)(=O)=O)CCOCC1)N1CCCC(C)C1. The zero-order chi connectivity index (χ0) is 16.2. The molecule has 1 atom stereocenters. The van der Waals surface area contributed by atoms with Crippen LogP contribution in [0.3, 0.4) is 0 Å². The molecule has 1 N–H and O–H groups in total. The highest BCUT2D eigenvalue weighted by Gasteiger charge is 2.42. The Hall–Kier alpha value is -0.820. The van der Waals surface area contributed by atoms with E-state index in [0.717, 1.165) is 25.5 Å². The first-order valence-corrected chi connectivity index (χ1v) is 10.00. The van der Waals surface area contributed by atoms with Gasteiger partial charge in [0.25, 0.3) is 0 Å². The van der Waals surface area contributed by atoms with Gasteiger partial charge in [-0.25, -0.2) is 8.42 Å². The summed E-state index contributed by atoms with van der Waals surface area (Å²) in [5.41, 5.74) is 0.